The topological polar surface area (TPSA) is 150 Å². The zero-order valence-corrected chi connectivity index (χ0v) is 18.3. The van der Waals surface area contributed by atoms with E-state index in [-0.39, 0.29) is 12.6 Å². The number of ether oxygens (including phenoxy) is 1. The molecule has 2 heterocycles. The van der Waals surface area contributed by atoms with Gasteiger partial charge in [-0.1, -0.05) is 18.2 Å². The van der Waals surface area contributed by atoms with Crippen molar-refractivity contribution in [3.05, 3.63) is 54.6 Å². The van der Waals surface area contributed by atoms with Crippen molar-refractivity contribution in [3.8, 4) is 0 Å². The predicted molar refractivity (Wildman–Crippen MR) is 121 cm³/mol. The van der Waals surface area contributed by atoms with Crippen molar-refractivity contribution in [2.75, 3.05) is 24.6 Å². The number of esters is 1. The number of benzene rings is 2. The third-order valence-electron chi connectivity index (χ3n) is 6.93. The molecular weight excluding hydrogens is 406 g/mol. The summed E-state index contributed by atoms with van der Waals surface area (Å²) >= 11 is 0. The fourth-order valence-electron chi connectivity index (χ4n) is 4.79. The molecule has 32 heavy (non-hydrogen) atoms. The molecule has 9 nitrogen and oxygen atoms in total. The van der Waals surface area contributed by atoms with Crippen LogP contribution in [0.15, 0.2) is 64.8 Å². The fraction of sp³-hybridized carbons (Fsp3) is 0.435. The minimum atomic E-state index is -0.808. The number of likely N-dealkylation sites (N-methyl/N-ethyl adjacent to an activating group) is 1. The first kappa shape index (κ1) is 21.0. The number of hydrogen-bond acceptors (Lipinski definition) is 9. The molecule has 0 spiro atoms. The quantitative estimate of drug-likeness (QED) is 0.267. The van der Waals surface area contributed by atoms with Crippen LogP contribution in [0.5, 0.6) is 0 Å². The van der Waals surface area contributed by atoms with Gasteiger partial charge in [0.1, 0.15) is 17.7 Å². The number of rotatable bonds is 9. The van der Waals surface area contributed by atoms with Gasteiger partial charge in [0.15, 0.2) is 5.79 Å². The van der Waals surface area contributed by atoms with Gasteiger partial charge < -0.3 is 15.4 Å². The molecule has 3 fully saturated rings. The van der Waals surface area contributed by atoms with Crippen LogP contribution in [0.25, 0.3) is 0 Å². The van der Waals surface area contributed by atoms with Crippen LogP contribution < -0.4 is 27.0 Å². The smallest absolute Gasteiger partial charge is 0.317 e. The molecule has 2 saturated heterocycles. The van der Waals surface area contributed by atoms with E-state index >= 15 is 0 Å². The van der Waals surface area contributed by atoms with Gasteiger partial charge in [-0.05, 0) is 56.7 Å². The molecule has 2 aromatic carbocycles. The second-order valence-corrected chi connectivity index (χ2v) is 9.08. The monoisotopic (exact) mass is 435 g/mol. The summed E-state index contributed by atoms with van der Waals surface area (Å²) in [6.45, 7) is 5.56. The molecule has 2 aromatic rings. The molecule has 2 aliphatic heterocycles. The van der Waals surface area contributed by atoms with E-state index in [4.69, 9.17) is 16.2 Å². The van der Waals surface area contributed by atoms with Crippen LogP contribution in [0.2, 0.25) is 0 Å². The number of hydrogen-bond donors (Lipinski definition) is 4. The van der Waals surface area contributed by atoms with E-state index in [1.165, 1.54) is 0 Å². The van der Waals surface area contributed by atoms with Crippen molar-refractivity contribution < 1.29 is 9.53 Å². The number of carbonyl (C=O) groups is 1. The lowest BCUT2D eigenvalue weighted by molar-refractivity contribution is -0.151. The Labute approximate surface area is 187 Å². The SMILES string of the molecule is CCN(CCOC(=O)C1(C23NC2(N)N3)CC1(C)N)c1ccc(N=Nc2ccccc2)cc1. The fourth-order valence-corrected chi connectivity index (χ4v) is 4.79. The number of carbonyl (C=O) groups excluding carboxylic acids is 1. The molecule has 2 unspecified atom stereocenters. The summed E-state index contributed by atoms with van der Waals surface area (Å²) in [5.41, 5.74) is 13.0. The lowest BCUT2D eigenvalue weighted by Gasteiger charge is -2.25. The average Bonchev–Trinajstić information content (AvgIpc) is 3.69. The highest BCUT2D eigenvalue weighted by Crippen LogP contribution is 2.72. The molecule has 168 valence electrons. The van der Waals surface area contributed by atoms with Crippen molar-refractivity contribution >= 4 is 23.0 Å². The lowest BCUT2D eigenvalue weighted by Crippen LogP contribution is -2.47. The van der Waals surface area contributed by atoms with Gasteiger partial charge >= 0.3 is 5.97 Å². The van der Waals surface area contributed by atoms with Gasteiger partial charge in [-0.2, -0.15) is 10.2 Å². The molecular formula is C23H29N7O2. The third kappa shape index (κ3) is 3.12. The summed E-state index contributed by atoms with van der Waals surface area (Å²) in [4.78, 5) is 15.1. The molecule has 0 bridgehead atoms. The maximum absolute atomic E-state index is 13.0. The van der Waals surface area contributed by atoms with Crippen LogP contribution in [0.1, 0.15) is 20.3 Å². The Bertz CT molecular complexity index is 1050. The molecule has 6 N–H and O–H groups in total. The number of nitrogens with one attached hydrogen (secondary N) is 2. The lowest BCUT2D eigenvalue weighted by atomic mass is 9.94. The second-order valence-electron chi connectivity index (χ2n) is 9.08. The van der Waals surface area contributed by atoms with Gasteiger partial charge in [0, 0.05) is 17.8 Å². The molecule has 1 saturated carbocycles. The number of nitrogens with two attached hydrogens (primary N) is 2. The number of fused-ring (bicyclic) bond motifs is 1. The molecule has 5 rings (SSSR count). The van der Waals surface area contributed by atoms with Gasteiger partial charge in [0.2, 0.25) is 0 Å². The Morgan fingerprint density at radius 3 is 2.12 bits per heavy atom. The Morgan fingerprint density at radius 1 is 1.06 bits per heavy atom. The van der Waals surface area contributed by atoms with E-state index in [0.29, 0.717) is 13.0 Å². The summed E-state index contributed by atoms with van der Waals surface area (Å²) in [6, 6.07) is 17.4. The van der Waals surface area contributed by atoms with Crippen LogP contribution in [-0.2, 0) is 9.53 Å². The zero-order chi connectivity index (χ0) is 22.6. The molecule has 0 amide bonds. The van der Waals surface area contributed by atoms with Crippen molar-refractivity contribution in [2.24, 2.45) is 27.1 Å². The third-order valence-corrected chi connectivity index (χ3v) is 6.93. The van der Waals surface area contributed by atoms with E-state index in [0.717, 1.165) is 23.6 Å². The standard InChI is InChI=1S/C23H29N7O2/c1-3-30(18-11-9-17(10-12-18)27-26-16-7-5-4-6-8-16)13-14-32-19(31)21(15-20(21,2)24)22-23(25,28-22)29-22/h4-12,28-29H,3,13-15,24-25H2,1-2H3. The van der Waals surface area contributed by atoms with Gasteiger partial charge in [-0.15, -0.1) is 0 Å². The van der Waals surface area contributed by atoms with Crippen molar-refractivity contribution in [1.29, 1.82) is 0 Å². The minimum absolute atomic E-state index is 0.271. The molecule has 3 aliphatic rings. The molecule has 1 aliphatic carbocycles. The number of nitrogens with zero attached hydrogens (tertiary/aromatic N) is 3. The average molecular weight is 436 g/mol. The first-order valence-corrected chi connectivity index (χ1v) is 10.9. The summed E-state index contributed by atoms with van der Waals surface area (Å²) in [6.07, 6.45) is 0.550. The summed E-state index contributed by atoms with van der Waals surface area (Å²) < 4.78 is 5.68. The molecule has 2 atom stereocenters. The zero-order valence-electron chi connectivity index (χ0n) is 18.3. The Morgan fingerprint density at radius 2 is 1.62 bits per heavy atom. The Kier molecular flexibility index (Phi) is 4.65. The Balaban J connectivity index is 1.17. The van der Waals surface area contributed by atoms with E-state index in [1.807, 2.05) is 61.5 Å². The van der Waals surface area contributed by atoms with Crippen LogP contribution >= 0.6 is 0 Å². The van der Waals surface area contributed by atoms with Gasteiger partial charge in [0.25, 0.3) is 0 Å². The van der Waals surface area contributed by atoms with Crippen LogP contribution in [0.4, 0.5) is 17.1 Å². The predicted octanol–water partition coefficient (Wildman–Crippen LogP) is 2.09. The van der Waals surface area contributed by atoms with E-state index < -0.39 is 22.4 Å². The molecule has 0 aromatic heterocycles. The highest BCUT2D eigenvalue weighted by Gasteiger charge is 2.99. The van der Waals surface area contributed by atoms with E-state index in [9.17, 15) is 4.79 Å². The highest BCUT2D eigenvalue weighted by molar-refractivity contribution is 5.88. The molecule has 9 heteroatoms. The van der Waals surface area contributed by atoms with E-state index in [2.05, 4.69) is 32.7 Å². The summed E-state index contributed by atoms with van der Waals surface area (Å²) in [5.74, 6) is -0.960. The number of anilines is 1. The first-order valence-electron chi connectivity index (χ1n) is 10.9. The van der Waals surface area contributed by atoms with Gasteiger partial charge in [0.05, 0.1) is 17.9 Å². The van der Waals surface area contributed by atoms with Crippen molar-refractivity contribution in [2.45, 2.75) is 37.3 Å². The van der Waals surface area contributed by atoms with Crippen LogP contribution in [0.3, 0.4) is 0 Å². The summed E-state index contributed by atoms with van der Waals surface area (Å²) in [7, 11) is 0. The normalized spacial score (nSPS) is 34.1. The van der Waals surface area contributed by atoms with Gasteiger partial charge in [-0.25, -0.2) is 0 Å². The van der Waals surface area contributed by atoms with Gasteiger partial charge in [-0.3, -0.25) is 21.2 Å². The maximum atomic E-state index is 13.0. The molecule has 0 radical (unpaired) electrons. The largest absolute Gasteiger partial charge is 0.463 e. The number of azo groups is 1. The summed E-state index contributed by atoms with van der Waals surface area (Å²) in [5, 5.41) is 14.8. The van der Waals surface area contributed by atoms with Crippen LogP contribution in [-0.4, -0.2) is 42.7 Å². The highest BCUT2D eigenvalue weighted by atomic mass is 16.5. The van der Waals surface area contributed by atoms with Crippen molar-refractivity contribution in [3.63, 3.8) is 0 Å². The Hall–Kier alpha value is -2.85. The first-order chi connectivity index (χ1) is 15.3. The second kappa shape index (κ2) is 7.08. The maximum Gasteiger partial charge on any atom is 0.317 e. The minimum Gasteiger partial charge on any atom is -0.463 e. The van der Waals surface area contributed by atoms with Crippen molar-refractivity contribution in [1.82, 2.24) is 10.6 Å². The van der Waals surface area contributed by atoms with E-state index in [1.54, 1.807) is 0 Å². The van der Waals surface area contributed by atoms with Crippen LogP contribution in [0, 0.1) is 5.41 Å².